The summed E-state index contributed by atoms with van der Waals surface area (Å²) in [5, 5.41) is 12.2. The summed E-state index contributed by atoms with van der Waals surface area (Å²) in [4.78, 5) is 0.600. The van der Waals surface area contributed by atoms with Crippen LogP contribution < -0.4 is 0 Å². The van der Waals surface area contributed by atoms with Crippen LogP contribution in [0.4, 0.5) is 0 Å². The second-order valence-electron chi connectivity index (χ2n) is 8.04. The first-order valence-corrected chi connectivity index (χ1v) is 12.5. The summed E-state index contributed by atoms with van der Waals surface area (Å²) in [6.45, 7) is 1.76. The van der Waals surface area contributed by atoms with E-state index in [1.54, 1.807) is 19.1 Å². The molecule has 4 nitrogen and oxygen atoms in total. The van der Waals surface area contributed by atoms with Gasteiger partial charge in [-0.05, 0) is 48.1 Å². The highest BCUT2D eigenvalue weighted by molar-refractivity contribution is 7.91. The number of nitriles is 1. The first-order chi connectivity index (χ1) is 15.4. The highest BCUT2D eigenvalue weighted by atomic mass is 32.2. The minimum absolute atomic E-state index is 0.290. The van der Waals surface area contributed by atoms with Gasteiger partial charge in [-0.2, -0.15) is 5.26 Å². The number of benzene rings is 2. The summed E-state index contributed by atoms with van der Waals surface area (Å²) in [5.74, 6) is 0. The highest BCUT2D eigenvalue weighted by Crippen LogP contribution is 2.41. The number of fused-ring (bicyclic) bond motifs is 1. The molecule has 0 N–H and O–H groups in total. The monoisotopic (exact) mass is 456 g/mol. The van der Waals surface area contributed by atoms with E-state index in [9.17, 15) is 13.7 Å². The average molecular weight is 457 g/mol. The molecule has 0 fully saturated rings. The van der Waals surface area contributed by atoms with Crippen molar-refractivity contribution < 1.29 is 8.42 Å². The van der Waals surface area contributed by atoms with Gasteiger partial charge in [-0.25, -0.2) is 12.4 Å². The molecule has 0 radical (unpaired) electrons. The van der Waals surface area contributed by atoms with Gasteiger partial charge in [0.25, 0.3) is 0 Å². The lowest BCUT2D eigenvalue weighted by Crippen LogP contribution is -2.39. The molecule has 1 atom stereocenters. The Balaban J connectivity index is 1.68. The Morgan fingerprint density at radius 2 is 1.81 bits per heavy atom. The fourth-order valence-corrected chi connectivity index (χ4v) is 6.85. The number of para-hydroxylation sites is 1. The summed E-state index contributed by atoms with van der Waals surface area (Å²) < 4.78 is 28.9. The zero-order valence-corrected chi connectivity index (χ0v) is 19.0. The van der Waals surface area contributed by atoms with Gasteiger partial charge < -0.3 is 0 Å². The molecule has 2 heterocycles. The molecular weight excluding hydrogens is 436 g/mol. The molecule has 5 rings (SSSR count). The molecular formula is C26H20N2O2S2. The van der Waals surface area contributed by atoms with Gasteiger partial charge >= 0.3 is 0 Å². The number of hydrogen-bond acceptors (Lipinski definition) is 4. The van der Waals surface area contributed by atoms with Gasteiger partial charge in [-0.1, -0.05) is 66.8 Å². The Hall–Kier alpha value is -3.40. The van der Waals surface area contributed by atoms with Crippen molar-refractivity contribution in [3.05, 3.63) is 101 Å². The quantitative estimate of drug-likeness (QED) is 0.366. The molecule has 158 valence electrons. The van der Waals surface area contributed by atoms with E-state index in [0.29, 0.717) is 16.1 Å². The van der Waals surface area contributed by atoms with Gasteiger partial charge in [-0.3, -0.25) is 0 Å². The van der Waals surface area contributed by atoms with E-state index in [-0.39, 0.29) is 6.42 Å². The van der Waals surface area contributed by atoms with Crippen LogP contribution in [0.15, 0.2) is 90.3 Å². The van der Waals surface area contributed by atoms with Crippen LogP contribution in [0.3, 0.4) is 0 Å². The Morgan fingerprint density at radius 1 is 1.06 bits per heavy atom. The fraction of sp³-hybridized carbons (Fsp3) is 0.115. The van der Waals surface area contributed by atoms with Crippen molar-refractivity contribution in [3.8, 4) is 17.3 Å². The Bertz CT molecular complexity index is 1530. The van der Waals surface area contributed by atoms with Crippen LogP contribution in [0.1, 0.15) is 23.8 Å². The Morgan fingerprint density at radius 3 is 2.59 bits per heavy atom. The molecule has 32 heavy (non-hydrogen) atoms. The molecule has 0 amide bonds. The maximum atomic E-state index is 14.3. The van der Waals surface area contributed by atoms with Crippen molar-refractivity contribution in [2.45, 2.75) is 18.1 Å². The van der Waals surface area contributed by atoms with Gasteiger partial charge in [0.05, 0.1) is 11.2 Å². The van der Waals surface area contributed by atoms with Crippen LogP contribution in [0.2, 0.25) is 0 Å². The zero-order valence-electron chi connectivity index (χ0n) is 17.4. The third kappa shape index (κ3) is 3.13. The second-order valence-corrected chi connectivity index (χ2v) is 11.2. The van der Waals surface area contributed by atoms with Crippen LogP contribution in [-0.2, 0) is 10.0 Å². The molecule has 0 spiro atoms. The largest absolute Gasteiger partial charge is 0.248 e. The predicted molar refractivity (Wildman–Crippen MR) is 131 cm³/mol. The molecule has 1 unspecified atom stereocenters. The summed E-state index contributed by atoms with van der Waals surface area (Å²) in [6.07, 6.45) is 5.75. The minimum Gasteiger partial charge on any atom is -0.236 e. The van der Waals surface area contributed by atoms with E-state index in [1.807, 2.05) is 78.2 Å². The maximum Gasteiger partial charge on any atom is 0.248 e. The molecule has 2 aromatic heterocycles. The lowest BCUT2D eigenvalue weighted by molar-refractivity contribution is 0.557. The standard InChI is InChI=1S/C26H20N2O2S2/c1-26(14-7-11-21(17-26)22-13-15-31-25(22)18-27)32(29,30)28-23-12-6-5-10-20(23)16-24(28)19-8-3-2-4-9-19/h2-16H,17H2,1H3. The van der Waals surface area contributed by atoms with Crippen molar-refractivity contribution in [3.63, 3.8) is 0 Å². The molecule has 1 aliphatic rings. The predicted octanol–water partition coefficient (Wildman–Crippen LogP) is 6.22. The van der Waals surface area contributed by atoms with Crippen LogP contribution in [-0.4, -0.2) is 17.1 Å². The van der Waals surface area contributed by atoms with E-state index in [1.165, 1.54) is 15.3 Å². The van der Waals surface area contributed by atoms with E-state index in [4.69, 9.17) is 0 Å². The summed E-state index contributed by atoms with van der Waals surface area (Å²) in [5.41, 5.74) is 3.81. The number of aromatic nitrogens is 1. The Kier molecular flexibility index (Phi) is 4.89. The third-order valence-corrected chi connectivity index (χ3v) is 9.12. The van der Waals surface area contributed by atoms with Crippen LogP contribution >= 0.6 is 11.3 Å². The van der Waals surface area contributed by atoms with Crippen molar-refractivity contribution in [1.29, 1.82) is 5.26 Å². The van der Waals surface area contributed by atoms with E-state index >= 15 is 0 Å². The first kappa shape index (κ1) is 20.5. The van der Waals surface area contributed by atoms with Gasteiger partial charge in [0.2, 0.25) is 10.0 Å². The summed E-state index contributed by atoms with van der Waals surface area (Å²) >= 11 is 1.37. The SMILES string of the molecule is CC1(S(=O)(=O)n2c(-c3ccccc3)cc3ccccc32)C=CC=C(c2ccsc2C#N)C1. The van der Waals surface area contributed by atoms with Crippen molar-refractivity contribution in [1.82, 2.24) is 3.97 Å². The van der Waals surface area contributed by atoms with Crippen molar-refractivity contribution in [2.24, 2.45) is 0 Å². The lowest BCUT2D eigenvalue weighted by Gasteiger charge is -2.31. The number of hydrogen-bond donors (Lipinski definition) is 0. The number of thiophene rings is 1. The van der Waals surface area contributed by atoms with E-state index in [0.717, 1.165) is 22.1 Å². The van der Waals surface area contributed by atoms with Crippen molar-refractivity contribution in [2.75, 3.05) is 0 Å². The normalized spacial score (nSPS) is 18.4. The smallest absolute Gasteiger partial charge is 0.236 e. The summed E-state index contributed by atoms with van der Waals surface area (Å²) in [7, 11) is -3.86. The second kappa shape index (κ2) is 7.63. The van der Waals surface area contributed by atoms with Gasteiger partial charge in [0, 0.05) is 10.9 Å². The van der Waals surface area contributed by atoms with Crippen LogP contribution in [0.25, 0.3) is 27.7 Å². The Labute approximate surface area is 191 Å². The minimum atomic E-state index is -3.86. The third-order valence-electron chi connectivity index (χ3n) is 5.97. The molecule has 0 bridgehead atoms. The molecule has 1 aliphatic carbocycles. The summed E-state index contributed by atoms with van der Waals surface area (Å²) in [6, 6.07) is 23.2. The maximum absolute atomic E-state index is 14.3. The van der Waals surface area contributed by atoms with Gasteiger partial charge in [0.15, 0.2) is 0 Å². The molecule has 6 heteroatoms. The number of allylic oxidation sites excluding steroid dienone is 3. The fourth-order valence-electron chi connectivity index (χ4n) is 4.28. The molecule has 0 aliphatic heterocycles. The van der Waals surface area contributed by atoms with E-state index < -0.39 is 14.8 Å². The molecule has 0 saturated carbocycles. The highest BCUT2D eigenvalue weighted by Gasteiger charge is 2.42. The van der Waals surface area contributed by atoms with Gasteiger partial charge in [0.1, 0.15) is 15.7 Å². The topological polar surface area (TPSA) is 62.9 Å². The number of rotatable bonds is 4. The molecule has 2 aromatic carbocycles. The first-order valence-electron chi connectivity index (χ1n) is 10.2. The molecule has 4 aromatic rings. The molecule has 0 saturated heterocycles. The van der Waals surface area contributed by atoms with Crippen LogP contribution in [0, 0.1) is 11.3 Å². The number of nitrogens with zero attached hydrogens (tertiary/aromatic N) is 2. The van der Waals surface area contributed by atoms with E-state index in [2.05, 4.69) is 6.07 Å². The van der Waals surface area contributed by atoms with Crippen molar-refractivity contribution >= 4 is 37.8 Å². The van der Waals surface area contributed by atoms with Crippen LogP contribution in [0.5, 0.6) is 0 Å². The zero-order chi connectivity index (χ0) is 22.3. The van der Waals surface area contributed by atoms with Gasteiger partial charge in [-0.15, -0.1) is 11.3 Å². The lowest BCUT2D eigenvalue weighted by atomic mass is 9.91. The average Bonchev–Trinajstić information content (AvgIpc) is 3.44.